The van der Waals surface area contributed by atoms with Crippen LogP contribution in [-0.4, -0.2) is 18.9 Å². The molecule has 0 atom stereocenters. The molecule has 1 aromatic heterocycles. The fourth-order valence-electron chi connectivity index (χ4n) is 3.39. The van der Waals surface area contributed by atoms with Crippen LogP contribution in [0.25, 0.3) is 10.2 Å². The summed E-state index contributed by atoms with van der Waals surface area (Å²) in [7, 11) is -3.88. The molecule has 1 N–H and O–H groups in total. The van der Waals surface area contributed by atoms with Gasteiger partial charge < -0.3 is 4.57 Å². The van der Waals surface area contributed by atoms with Gasteiger partial charge in [0.05, 0.1) is 15.1 Å². The van der Waals surface area contributed by atoms with Gasteiger partial charge in [0.25, 0.3) is 15.9 Å². The van der Waals surface area contributed by atoms with E-state index in [1.807, 2.05) is 10.6 Å². The minimum atomic E-state index is -3.88. The number of halogens is 1. The highest BCUT2D eigenvalue weighted by molar-refractivity contribution is 7.92. The van der Waals surface area contributed by atoms with E-state index in [0.717, 1.165) is 28.8 Å². The summed E-state index contributed by atoms with van der Waals surface area (Å²) in [6.07, 6.45) is 2.67. The number of sulfonamides is 1. The average molecular weight is 496 g/mol. The second-order valence-electron chi connectivity index (χ2n) is 7.49. The number of amides is 1. The van der Waals surface area contributed by atoms with Crippen LogP contribution in [0, 0.1) is 5.82 Å². The summed E-state index contributed by atoms with van der Waals surface area (Å²) in [5.74, 6) is -0.961. The van der Waals surface area contributed by atoms with Crippen molar-refractivity contribution in [1.82, 2.24) is 4.57 Å². The highest BCUT2D eigenvalue weighted by Gasteiger charge is 2.15. The third-order valence-corrected chi connectivity index (χ3v) is 7.61. The van der Waals surface area contributed by atoms with Gasteiger partial charge in [-0.1, -0.05) is 30.4 Å². The Morgan fingerprint density at radius 1 is 1.12 bits per heavy atom. The van der Waals surface area contributed by atoms with Crippen molar-refractivity contribution in [3.8, 4) is 0 Å². The van der Waals surface area contributed by atoms with Crippen molar-refractivity contribution in [2.45, 2.75) is 24.8 Å². The Bertz CT molecular complexity index is 1540. The molecule has 3 aromatic carbocycles. The summed E-state index contributed by atoms with van der Waals surface area (Å²) < 4.78 is 43.4. The highest BCUT2D eigenvalue weighted by atomic mass is 32.2. The van der Waals surface area contributed by atoms with Crippen molar-refractivity contribution in [2.75, 3.05) is 4.72 Å². The van der Waals surface area contributed by atoms with Crippen LogP contribution in [0.2, 0.25) is 0 Å². The molecular formula is C25H22FN3O3S2. The van der Waals surface area contributed by atoms with Gasteiger partial charge in [0, 0.05) is 17.8 Å². The van der Waals surface area contributed by atoms with E-state index in [1.54, 1.807) is 6.08 Å². The lowest BCUT2D eigenvalue weighted by atomic mass is 10.2. The molecule has 0 spiro atoms. The minimum absolute atomic E-state index is 0.0631. The number of carbonyl (C=O) groups is 1. The molecule has 0 aliphatic carbocycles. The maximum Gasteiger partial charge on any atom is 0.279 e. The van der Waals surface area contributed by atoms with Crippen molar-refractivity contribution in [3.63, 3.8) is 0 Å². The highest BCUT2D eigenvalue weighted by Crippen LogP contribution is 2.21. The number of aryl methyl sites for hydroxylation is 1. The van der Waals surface area contributed by atoms with E-state index < -0.39 is 21.7 Å². The van der Waals surface area contributed by atoms with Gasteiger partial charge in [-0.25, -0.2) is 12.8 Å². The van der Waals surface area contributed by atoms with Crippen LogP contribution >= 0.6 is 11.3 Å². The van der Waals surface area contributed by atoms with E-state index in [9.17, 15) is 17.6 Å². The number of benzene rings is 3. The molecule has 0 bridgehead atoms. The minimum Gasteiger partial charge on any atom is -0.312 e. The first-order chi connectivity index (χ1) is 16.3. The molecule has 0 fully saturated rings. The number of thiazole rings is 1. The van der Waals surface area contributed by atoms with E-state index >= 15 is 0 Å². The lowest BCUT2D eigenvalue weighted by Crippen LogP contribution is -2.16. The van der Waals surface area contributed by atoms with Gasteiger partial charge in [-0.3, -0.25) is 9.52 Å². The summed E-state index contributed by atoms with van der Waals surface area (Å²) in [6, 6.07) is 16.7. The molecule has 1 heterocycles. The largest absolute Gasteiger partial charge is 0.312 e. The molecular weight excluding hydrogens is 473 g/mol. The second kappa shape index (κ2) is 9.74. The Morgan fingerprint density at radius 2 is 1.82 bits per heavy atom. The molecule has 4 rings (SSSR count). The zero-order chi connectivity index (χ0) is 24.3. The number of hydrogen-bond acceptors (Lipinski definition) is 4. The standard InChI is InChI=1S/C25H22FN3O3S2/c1-3-15-29-22-14-5-17(4-2)16-23(22)33-25(29)27-24(30)18-6-10-20(11-7-18)28-34(31,32)21-12-8-19(26)9-13-21/h3,5-14,16,28H,1,4,15H2,2H3. The van der Waals surface area contributed by atoms with Gasteiger partial charge in [-0.05, 0) is 72.6 Å². The van der Waals surface area contributed by atoms with E-state index in [4.69, 9.17) is 0 Å². The molecule has 0 saturated carbocycles. The number of allylic oxidation sites excluding steroid dienone is 1. The fourth-order valence-corrected chi connectivity index (χ4v) is 5.55. The summed E-state index contributed by atoms with van der Waals surface area (Å²) in [4.78, 5) is 17.7. The van der Waals surface area contributed by atoms with Crippen molar-refractivity contribution in [1.29, 1.82) is 0 Å². The van der Waals surface area contributed by atoms with Crippen LogP contribution in [0.5, 0.6) is 0 Å². The van der Waals surface area contributed by atoms with E-state index in [-0.39, 0.29) is 10.6 Å². The van der Waals surface area contributed by atoms with Crippen LogP contribution in [0.3, 0.4) is 0 Å². The van der Waals surface area contributed by atoms with Crippen molar-refractivity contribution in [2.24, 2.45) is 4.99 Å². The van der Waals surface area contributed by atoms with Gasteiger partial charge in [0.15, 0.2) is 4.80 Å². The number of nitrogens with one attached hydrogen (secondary N) is 1. The summed E-state index contributed by atoms with van der Waals surface area (Å²) in [5, 5.41) is 0. The lowest BCUT2D eigenvalue weighted by Gasteiger charge is -2.08. The first-order valence-corrected chi connectivity index (χ1v) is 12.8. The van der Waals surface area contributed by atoms with Crippen molar-refractivity contribution < 1.29 is 17.6 Å². The average Bonchev–Trinajstić information content (AvgIpc) is 3.15. The molecule has 9 heteroatoms. The molecule has 0 radical (unpaired) electrons. The van der Waals surface area contributed by atoms with Crippen LogP contribution < -0.4 is 9.52 Å². The number of carbonyl (C=O) groups excluding carboxylic acids is 1. The molecule has 174 valence electrons. The molecule has 4 aromatic rings. The van der Waals surface area contributed by atoms with Crippen LogP contribution in [-0.2, 0) is 23.0 Å². The summed E-state index contributed by atoms with van der Waals surface area (Å²) in [5.41, 5.74) is 2.79. The van der Waals surface area contributed by atoms with Crippen LogP contribution in [0.1, 0.15) is 22.8 Å². The number of anilines is 1. The van der Waals surface area contributed by atoms with Crippen molar-refractivity contribution in [3.05, 3.63) is 101 Å². The zero-order valence-electron chi connectivity index (χ0n) is 18.4. The van der Waals surface area contributed by atoms with Crippen molar-refractivity contribution >= 4 is 43.2 Å². The molecule has 6 nitrogen and oxygen atoms in total. The molecule has 0 unspecified atom stereocenters. The predicted octanol–water partition coefficient (Wildman–Crippen LogP) is 5.13. The molecule has 34 heavy (non-hydrogen) atoms. The SMILES string of the molecule is C=CCn1c(=NC(=O)c2ccc(NS(=O)(=O)c3ccc(F)cc3)cc2)sc2cc(CC)ccc21. The Hall–Kier alpha value is -3.56. The first kappa shape index (κ1) is 23.6. The van der Waals surface area contributed by atoms with Gasteiger partial charge in [-0.2, -0.15) is 4.99 Å². The normalized spacial score (nSPS) is 12.1. The lowest BCUT2D eigenvalue weighted by molar-refractivity contribution is 0.0998. The topological polar surface area (TPSA) is 80.5 Å². The van der Waals surface area contributed by atoms with E-state index in [1.165, 1.54) is 53.3 Å². The maximum atomic E-state index is 13.1. The van der Waals surface area contributed by atoms with Gasteiger partial charge in [-0.15, -0.1) is 6.58 Å². The number of fused-ring (bicyclic) bond motifs is 1. The molecule has 0 saturated heterocycles. The maximum absolute atomic E-state index is 13.1. The molecule has 1 amide bonds. The number of hydrogen-bond donors (Lipinski definition) is 1. The second-order valence-corrected chi connectivity index (χ2v) is 10.2. The fraction of sp³-hybridized carbons (Fsp3) is 0.120. The van der Waals surface area contributed by atoms with Gasteiger partial charge in [0.2, 0.25) is 0 Å². The smallest absolute Gasteiger partial charge is 0.279 e. The predicted molar refractivity (Wildman–Crippen MR) is 133 cm³/mol. The quantitative estimate of drug-likeness (QED) is 0.361. The van der Waals surface area contributed by atoms with Gasteiger partial charge >= 0.3 is 0 Å². The van der Waals surface area contributed by atoms with Crippen LogP contribution in [0.15, 0.2) is 89.3 Å². The summed E-state index contributed by atoms with van der Waals surface area (Å²) in [6.45, 7) is 6.41. The zero-order valence-corrected chi connectivity index (χ0v) is 20.0. The molecule has 0 aliphatic heterocycles. The number of nitrogens with zero attached hydrogens (tertiary/aromatic N) is 2. The summed E-state index contributed by atoms with van der Waals surface area (Å²) >= 11 is 1.44. The Kier molecular flexibility index (Phi) is 6.76. The Balaban J connectivity index is 1.60. The Labute approximate surface area is 200 Å². The molecule has 0 aliphatic rings. The number of rotatable bonds is 7. The first-order valence-electron chi connectivity index (χ1n) is 10.5. The Morgan fingerprint density at radius 3 is 2.47 bits per heavy atom. The van der Waals surface area contributed by atoms with E-state index in [2.05, 4.69) is 35.3 Å². The monoisotopic (exact) mass is 495 g/mol. The third-order valence-electron chi connectivity index (χ3n) is 5.17. The van der Waals surface area contributed by atoms with Gasteiger partial charge in [0.1, 0.15) is 5.82 Å². The number of aromatic nitrogens is 1. The third kappa shape index (κ3) is 5.00. The van der Waals surface area contributed by atoms with E-state index in [0.29, 0.717) is 16.9 Å². The van der Waals surface area contributed by atoms with Crippen LogP contribution in [0.4, 0.5) is 10.1 Å².